The third kappa shape index (κ3) is 3.27. The zero-order valence-electron chi connectivity index (χ0n) is 8.47. The van der Waals surface area contributed by atoms with Crippen LogP contribution in [0.3, 0.4) is 0 Å². The molecular weight excluding hydrogens is 198 g/mol. The first kappa shape index (κ1) is 11.6. The van der Waals surface area contributed by atoms with Gasteiger partial charge in [0.2, 0.25) is 0 Å². The van der Waals surface area contributed by atoms with Crippen molar-refractivity contribution in [2.75, 3.05) is 0 Å². The molecule has 80 valence electrons. The van der Waals surface area contributed by atoms with Crippen molar-refractivity contribution < 1.29 is 13.6 Å². The minimum absolute atomic E-state index is 0.0971. The molecule has 0 spiro atoms. The Bertz CT molecular complexity index is 383. The Hall–Kier alpha value is -1.51. The minimum atomic E-state index is -0.934. The average molecular weight is 210 g/mol. The molecule has 0 atom stereocenters. The number of carbonyl (C=O) groups is 1. The molecule has 0 aliphatic heterocycles. The summed E-state index contributed by atoms with van der Waals surface area (Å²) >= 11 is 0. The Morgan fingerprint density at radius 2 is 2.13 bits per heavy atom. The standard InChI is InChI=1S/C12H12F2O/c1-2-3-6-10(15)8-9-5-4-7-11(13)12(9)14/h3-7H,2,8H2,1H3/b6-3+. The van der Waals surface area contributed by atoms with Gasteiger partial charge in [0.1, 0.15) is 0 Å². The van der Waals surface area contributed by atoms with Crippen LogP contribution in [0.25, 0.3) is 0 Å². The molecule has 0 aliphatic carbocycles. The highest BCUT2D eigenvalue weighted by Gasteiger charge is 2.09. The molecule has 1 aromatic rings. The monoisotopic (exact) mass is 210 g/mol. The molecule has 0 bridgehead atoms. The van der Waals surface area contributed by atoms with Crippen molar-refractivity contribution in [1.82, 2.24) is 0 Å². The molecule has 0 saturated heterocycles. The number of hydrogen-bond acceptors (Lipinski definition) is 1. The van der Waals surface area contributed by atoms with Crippen LogP contribution in [0.1, 0.15) is 18.9 Å². The van der Waals surface area contributed by atoms with Crippen molar-refractivity contribution in [2.45, 2.75) is 19.8 Å². The second-order valence-corrected chi connectivity index (χ2v) is 3.17. The molecule has 0 amide bonds. The van der Waals surface area contributed by atoms with Gasteiger partial charge in [-0.1, -0.05) is 25.1 Å². The first-order valence-electron chi connectivity index (χ1n) is 4.77. The zero-order valence-corrected chi connectivity index (χ0v) is 8.47. The SMILES string of the molecule is CC/C=C/C(=O)Cc1cccc(F)c1F. The van der Waals surface area contributed by atoms with Crippen LogP contribution in [0, 0.1) is 11.6 Å². The lowest BCUT2D eigenvalue weighted by molar-refractivity contribution is -0.114. The van der Waals surface area contributed by atoms with Crippen molar-refractivity contribution in [1.29, 1.82) is 0 Å². The predicted molar refractivity (Wildman–Crippen MR) is 54.5 cm³/mol. The van der Waals surface area contributed by atoms with Gasteiger partial charge in [0.15, 0.2) is 17.4 Å². The lowest BCUT2D eigenvalue weighted by atomic mass is 10.1. The van der Waals surface area contributed by atoms with Gasteiger partial charge in [0, 0.05) is 6.42 Å². The number of benzene rings is 1. The largest absolute Gasteiger partial charge is 0.294 e. The average Bonchev–Trinajstić information content (AvgIpc) is 2.22. The maximum atomic E-state index is 13.1. The van der Waals surface area contributed by atoms with Gasteiger partial charge in [-0.25, -0.2) is 8.78 Å². The molecule has 0 radical (unpaired) electrons. The van der Waals surface area contributed by atoms with E-state index >= 15 is 0 Å². The van der Waals surface area contributed by atoms with Gasteiger partial charge in [0.25, 0.3) is 0 Å². The summed E-state index contributed by atoms with van der Waals surface area (Å²) in [6.45, 7) is 1.90. The molecule has 1 aromatic carbocycles. The molecule has 0 N–H and O–H groups in total. The second kappa shape index (κ2) is 5.39. The molecule has 0 aliphatic rings. The van der Waals surface area contributed by atoms with Gasteiger partial charge in [0.05, 0.1) is 0 Å². The number of halogens is 2. The van der Waals surface area contributed by atoms with Gasteiger partial charge < -0.3 is 0 Å². The summed E-state index contributed by atoms with van der Waals surface area (Å²) in [5.74, 6) is -2.07. The van der Waals surface area contributed by atoms with Crippen molar-refractivity contribution in [3.05, 3.63) is 47.5 Å². The maximum absolute atomic E-state index is 13.1. The number of carbonyl (C=O) groups excluding carboxylic acids is 1. The number of rotatable bonds is 4. The molecule has 1 rings (SSSR count). The molecule has 0 unspecified atom stereocenters. The third-order valence-electron chi connectivity index (χ3n) is 1.94. The van der Waals surface area contributed by atoms with Gasteiger partial charge in [-0.2, -0.15) is 0 Å². The van der Waals surface area contributed by atoms with E-state index in [4.69, 9.17) is 0 Å². The van der Waals surface area contributed by atoms with E-state index in [0.717, 1.165) is 12.5 Å². The summed E-state index contributed by atoms with van der Waals surface area (Å²) in [5, 5.41) is 0. The van der Waals surface area contributed by atoms with E-state index < -0.39 is 11.6 Å². The predicted octanol–water partition coefficient (Wildman–Crippen LogP) is 3.04. The Morgan fingerprint density at radius 3 is 2.80 bits per heavy atom. The topological polar surface area (TPSA) is 17.1 Å². The fourth-order valence-electron chi connectivity index (χ4n) is 1.18. The van der Waals surface area contributed by atoms with Crippen LogP contribution in [0.2, 0.25) is 0 Å². The van der Waals surface area contributed by atoms with Gasteiger partial charge >= 0.3 is 0 Å². The maximum Gasteiger partial charge on any atom is 0.162 e. The summed E-state index contributed by atoms with van der Waals surface area (Å²) in [6.07, 6.45) is 3.74. The zero-order chi connectivity index (χ0) is 11.3. The first-order valence-corrected chi connectivity index (χ1v) is 4.77. The van der Waals surface area contributed by atoms with Crippen molar-refractivity contribution in [3.63, 3.8) is 0 Å². The smallest absolute Gasteiger partial charge is 0.162 e. The molecule has 1 nitrogen and oxygen atoms in total. The lowest BCUT2D eigenvalue weighted by Crippen LogP contribution is -2.02. The van der Waals surface area contributed by atoms with Gasteiger partial charge in [-0.15, -0.1) is 0 Å². The van der Waals surface area contributed by atoms with Crippen LogP contribution in [0.4, 0.5) is 8.78 Å². The summed E-state index contributed by atoms with van der Waals surface area (Å²) < 4.78 is 25.9. The van der Waals surface area contributed by atoms with E-state index in [-0.39, 0.29) is 17.8 Å². The van der Waals surface area contributed by atoms with Gasteiger partial charge in [-0.3, -0.25) is 4.79 Å². The Labute approximate surface area is 87.4 Å². The Morgan fingerprint density at radius 1 is 1.40 bits per heavy atom. The molecule has 0 aromatic heterocycles. The van der Waals surface area contributed by atoms with Crippen LogP contribution in [0.5, 0.6) is 0 Å². The van der Waals surface area contributed by atoms with E-state index in [9.17, 15) is 13.6 Å². The van der Waals surface area contributed by atoms with Crippen LogP contribution in [-0.2, 0) is 11.2 Å². The van der Waals surface area contributed by atoms with Crippen LogP contribution in [0.15, 0.2) is 30.4 Å². The number of allylic oxidation sites excluding steroid dienone is 2. The van der Waals surface area contributed by atoms with Crippen molar-refractivity contribution in [3.8, 4) is 0 Å². The van der Waals surface area contributed by atoms with Crippen molar-refractivity contribution in [2.24, 2.45) is 0 Å². The fraction of sp³-hybridized carbons (Fsp3) is 0.250. The third-order valence-corrected chi connectivity index (χ3v) is 1.94. The molecule has 0 saturated carbocycles. The summed E-state index contributed by atoms with van der Waals surface area (Å²) in [7, 11) is 0. The van der Waals surface area contributed by atoms with E-state index in [1.54, 1.807) is 6.08 Å². The van der Waals surface area contributed by atoms with E-state index in [1.165, 1.54) is 18.2 Å². The van der Waals surface area contributed by atoms with Crippen molar-refractivity contribution >= 4 is 5.78 Å². The summed E-state index contributed by atoms with van der Waals surface area (Å²) in [4.78, 5) is 11.3. The van der Waals surface area contributed by atoms with Crippen LogP contribution in [-0.4, -0.2) is 5.78 Å². The molecule has 15 heavy (non-hydrogen) atoms. The summed E-state index contributed by atoms with van der Waals surface area (Å²) in [6, 6.07) is 3.84. The normalized spacial score (nSPS) is 10.9. The highest BCUT2D eigenvalue weighted by molar-refractivity contribution is 5.91. The Kier molecular flexibility index (Phi) is 4.16. The summed E-state index contributed by atoms with van der Waals surface area (Å²) in [5.41, 5.74) is 0.0979. The molecule has 3 heteroatoms. The number of ketones is 1. The van der Waals surface area contributed by atoms with E-state index in [2.05, 4.69) is 0 Å². The molecule has 0 fully saturated rings. The van der Waals surface area contributed by atoms with Crippen LogP contribution < -0.4 is 0 Å². The van der Waals surface area contributed by atoms with Crippen LogP contribution >= 0.6 is 0 Å². The van der Waals surface area contributed by atoms with Gasteiger partial charge in [-0.05, 0) is 24.1 Å². The first-order chi connectivity index (χ1) is 7.15. The highest BCUT2D eigenvalue weighted by atomic mass is 19.2. The highest BCUT2D eigenvalue weighted by Crippen LogP contribution is 2.12. The lowest BCUT2D eigenvalue weighted by Gasteiger charge is -2.00. The molecular formula is C12H12F2O. The van der Waals surface area contributed by atoms with E-state index in [1.807, 2.05) is 6.92 Å². The molecule has 0 heterocycles. The second-order valence-electron chi connectivity index (χ2n) is 3.17. The Balaban J connectivity index is 2.77. The van der Waals surface area contributed by atoms with E-state index in [0.29, 0.717) is 0 Å². The quantitative estimate of drug-likeness (QED) is 0.698. The fourth-order valence-corrected chi connectivity index (χ4v) is 1.18. The number of hydrogen-bond donors (Lipinski definition) is 0. The minimum Gasteiger partial charge on any atom is -0.294 e.